The van der Waals surface area contributed by atoms with Gasteiger partial charge < -0.3 is 4.42 Å². The number of benzene rings is 9. The van der Waals surface area contributed by atoms with Crippen LogP contribution in [0.3, 0.4) is 0 Å². The van der Waals surface area contributed by atoms with E-state index in [0.29, 0.717) is 0 Å². The summed E-state index contributed by atoms with van der Waals surface area (Å²) in [6, 6.07) is 58.3. The SMILES string of the molecule is CC1(C)c2ccc(-c3c4ccccc4cc4c3ccc3ccccc34)cc2-c2c1ccc1c(-c3ccc4oc5ccccc5c4c3)cccc21. The van der Waals surface area contributed by atoms with E-state index in [9.17, 15) is 0 Å². The molecule has 0 bridgehead atoms. The lowest BCUT2D eigenvalue weighted by atomic mass is 9.81. The van der Waals surface area contributed by atoms with E-state index >= 15 is 0 Å². The van der Waals surface area contributed by atoms with Gasteiger partial charge in [-0.2, -0.15) is 0 Å². The Balaban J connectivity index is 1.16. The van der Waals surface area contributed by atoms with Crippen LogP contribution < -0.4 is 0 Å². The minimum atomic E-state index is -0.112. The van der Waals surface area contributed by atoms with Gasteiger partial charge in [-0.25, -0.2) is 0 Å². The fourth-order valence-corrected chi connectivity index (χ4v) is 9.04. The molecule has 0 aliphatic heterocycles. The summed E-state index contributed by atoms with van der Waals surface area (Å²) >= 11 is 0. The summed E-state index contributed by atoms with van der Waals surface area (Å²) in [5, 5.41) is 12.6. The van der Waals surface area contributed by atoms with Gasteiger partial charge in [0.05, 0.1) is 0 Å². The Morgan fingerprint density at radius 2 is 1.04 bits per heavy atom. The summed E-state index contributed by atoms with van der Waals surface area (Å²) in [5.74, 6) is 0. The molecule has 1 heteroatoms. The van der Waals surface area contributed by atoms with E-state index in [1.807, 2.05) is 12.1 Å². The average molecular weight is 637 g/mol. The number of hydrogen-bond donors (Lipinski definition) is 0. The van der Waals surface area contributed by atoms with Crippen molar-refractivity contribution in [2.45, 2.75) is 19.3 Å². The predicted molar refractivity (Wildman–Crippen MR) is 212 cm³/mol. The average Bonchev–Trinajstić information content (AvgIpc) is 3.64. The van der Waals surface area contributed by atoms with Crippen LogP contribution in [0, 0.1) is 0 Å². The molecule has 1 aliphatic rings. The van der Waals surface area contributed by atoms with Crippen LogP contribution in [0.1, 0.15) is 25.0 Å². The maximum absolute atomic E-state index is 6.18. The van der Waals surface area contributed by atoms with Crippen molar-refractivity contribution in [1.29, 1.82) is 0 Å². The maximum atomic E-state index is 6.18. The molecular formula is C49H32O. The van der Waals surface area contributed by atoms with Crippen molar-refractivity contribution in [3.05, 3.63) is 169 Å². The lowest BCUT2D eigenvalue weighted by Gasteiger charge is -2.22. The Labute approximate surface area is 290 Å². The molecule has 0 N–H and O–H groups in total. The van der Waals surface area contributed by atoms with E-state index in [2.05, 4.69) is 159 Å². The molecule has 0 saturated carbocycles. The molecule has 9 aromatic carbocycles. The number of hydrogen-bond acceptors (Lipinski definition) is 1. The van der Waals surface area contributed by atoms with E-state index < -0.39 is 0 Å². The lowest BCUT2D eigenvalue weighted by Crippen LogP contribution is -2.14. The van der Waals surface area contributed by atoms with Crippen molar-refractivity contribution in [2.75, 3.05) is 0 Å². The molecule has 0 saturated heterocycles. The van der Waals surface area contributed by atoms with Gasteiger partial charge in [0.1, 0.15) is 11.2 Å². The molecule has 1 aromatic heterocycles. The van der Waals surface area contributed by atoms with Gasteiger partial charge in [0.15, 0.2) is 0 Å². The van der Waals surface area contributed by atoms with E-state index in [0.717, 1.165) is 21.9 Å². The number of para-hydroxylation sites is 1. The highest BCUT2D eigenvalue weighted by molar-refractivity contribution is 6.20. The molecule has 0 atom stereocenters. The van der Waals surface area contributed by atoms with E-state index in [4.69, 9.17) is 4.42 Å². The van der Waals surface area contributed by atoms with Gasteiger partial charge >= 0.3 is 0 Å². The Hall–Kier alpha value is -6.18. The molecule has 0 amide bonds. The predicted octanol–water partition coefficient (Wildman–Crippen LogP) is 13.8. The monoisotopic (exact) mass is 636 g/mol. The first-order valence-corrected chi connectivity index (χ1v) is 17.5. The quantitative estimate of drug-likeness (QED) is 0.136. The van der Waals surface area contributed by atoms with Gasteiger partial charge in [-0.15, -0.1) is 0 Å². The second-order valence-corrected chi connectivity index (χ2v) is 14.4. The Morgan fingerprint density at radius 1 is 0.360 bits per heavy atom. The lowest BCUT2D eigenvalue weighted by molar-refractivity contribution is 0.661. The first-order valence-electron chi connectivity index (χ1n) is 17.5. The molecule has 10 aromatic rings. The molecular weight excluding hydrogens is 605 g/mol. The number of fused-ring (bicyclic) bond motifs is 12. The molecule has 50 heavy (non-hydrogen) atoms. The summed E-state index contributed by atoms with van der Waals surface area (Å²) in [6.45, 7) is 4.76. The highest BCUT2D eigenvalue weighted by Gasteiger charge is 2.37. The molecule has 0 unspecified atom stereocenters. The first-order chi connectivity index (χ1) is 24.5. The first kappa shape index (κ1) is 27.7. The highest BCUT2D eigenvalue weighted by atomic mass is 16.3. The molecule has 0 radical (unpaired) electrons. The van der Waals surface area contributed by atoms with Crippen LogP contribution in [0.4, 0.5) is 0 Å². The van der Waals surface area contributed by atoms with Crippen molar-refractivity contribution in [1.82, 2.24) is 0 Å². The minimum absolute atomic E-state index is 0.112. The van der Waals surface area contributed by atoms with Crippen LogP contribution in [-0.4, -0.2) is 0 Å². The van der Waals surface area contributed by atoms with Gasteiger partial charge in [0, 0.05) is 16.2 Å². The molecule has 1 heterocycles. The largest absolute Gasteiger partial charge is 0.456 e. The normalized spacial score (nSPS) is 13.6. The summed E-state index contributed by atoms with van der Waals surface area (Å²) in [5.41, 5.74) is 12.2. The van der Waals surface area contributed by atoms with Gasteiger partial charge in [0.25, 0.3) is 0 Å². The zero-order valence-electron chi connectivity index (χ0n) is 27.9. The third kappa shape index (κ3) is 3.72. The molecule has 0 fully saturated rings. The van der Waals surface area contributed by atoms with Crippen LogP contribution in [-0.2, 0) is 5.41 Å². The van der Waals surface area contributed by atoms with Gasteiger partial charge in [-0.05, 0) is 118 Å². The Kier molecular flexibility index (Phi) is 5.51. The van der Waals surface area contributed by atoms with E-state index in [1.165, 1.54) is 87.6 Å². The fourth-order valence-electron chi connectivity index (χ4n) is 9.04. The van der Waals surface area contributed by atoms with Gasteiger partial charge in [-0.1, -0.05) is 141 Å². The van der Waals surface area contributed by atoms with E-state index in [1.54, 1.807) is 0 Å². The maximum Gasteiger partial charge on any atom is 0.135 e. The smallest absolute Gasteiger partial charge is 0.135 e. The number of furan rings is 1. The Morgan fingerprint density at radius 3 is 1.94 bits per heavy atom. The topological polar surface area (TPSA) is 13.1 Å². The molecule has 234 valence electrons. The molecule has 0 spiro atoms. The van der Waals surface area contributed by atoms with Crippen molar-refractivity contribution >= 4 is 65.0 Å². The van der Waals surface area contributed by atoms with Crippen molar-refractivity contribution in [3.63, 3.8) is 0 Å². The molecule has 1 nitrogen and oxygen atoms in total. The van der Waals surface area contributed by atoms with Crippen molar-refractivity contribution in [3.8, 4) is 33.4 Å². The van der Waals surface area contributed by atoms with E-state index in [-0.39, 0.29) is 5.41 Å². The zero-order valence-corrected chi connectivity index (χ0v) is 27.9. The molecule has 1 aliphatic carbocycles. The Bertz CT molecular complexity index is 3060. The van der Waals surface area contributed by atoms with Crippen LogP contribution in [0.25, 0.3) is 98.4 Å². The van der Waals surface area contributed by atoms with Crippen LogP contribution in [0.2, 0.25) is 0 Å². The highest BCUT2D eigenvalue weighted by Crippen LogP contribution is 2.53. The summed E-state index contributed by atoms with van der Waals surface area (Å²) in [7, 11) is 0. The zero-order chi connectivity index (χ0) is 33.1. The molecule has 11 rings (SSSR count). The standard InChI is InChI=1S/C49H32O/c1-49(2)43-23-19-32(47-35-13-6-4-11-30(35)26-40-33-12-5-3-10-29(33)18-21-39(40)47)28-42(43)48-38-16-9-15-34(36(38)22-24-44(48)49)31-20-25-46-41(27-31)37-14-7-8-17-45(37)50-46/h3-28H,1-2H3. The number of rotatable bonds is 2. The fraction of sp³-hybridized carbons (Fsp3) is 0.0612. The van der Waals surface area contributed by atoms with Crippen LogP contribution in [0.15, 0.2) is 162 Å². The second kappa shape index (κ2) is 9.94. The summed E-state index contributed by atoms with van der Waals surface area (Å²) in [6.07, 6.45) is 0. The van der Waals surface area contributed by atoms with Crippen LogP contribution >= 0.6 is 0 Å². The third-order valence-corrected chi connectivity index (χ3v) is 11.4. The van der Waals surface area contributed by atoms with Crippen molar-refractivity contribution < 1.29 is 4.42 Å². The van der Waals surface area contributed by atoms with Crippen LogP contribution in [0.5, 0.6) is 0 Å². The minimum Gasteiger partial charge on any atom is -0.456 e. The van der Waals surface area contributed by atoms with Gasteiger partial charge in [0.2, 0.25) is 0 Å². The summed E-state index contributed by atoms with van der Waals surface area (Å²) < 4.78 is 6.18. The van der Waals surface area contributed by atoms with Crippen molar-refractivity contribution in [2.24, 2.45) is 0 Å². The summed E-state index contributed by atoms with van der Waals surface area (Å²) in [4.78, 5) is 0. The third-order valence-electron chi connectivity index (χ3n) is 11.4. The van der Waals surface area contributed by atoms with Gasteiger partial charge in [-0.3, -0.25) is 0 Å². The second-order valence-electron chi connectivity index (χ2n) is 14.4.